The molecule has 6 nitrogen and oxygen atoms in total. The molecule has 1 aliphatic rings. The lowest BCUT2D eigenvalue weighted by molar-refractivity contribution is 0.0932. The molecule has 2 aromatic carbocycles. The van der Waals surface area contributed by atoms with Crippen LogP contribution in [-0.4, -0.2) is 51.8 Å². The maximum atomic E-state index is 13.0. The van der Waals surface area contributed by atoms with Crippen LogP contribution in [0, 0.1) is 0 Å². The fraction of sp³-hybridized carbons (Fsp3) is 0.458. The molecule has 176 valence electrons. The van der Waals surface area contributed by atoms with Crippen molar-refractivity contribution in [2.24, 2.45) is 0 Å². The Balaban J connectivity index is 0.00000363. The van der Waals surface area contributed by atoms with Crippen LogP contribution in [0.2, 0.25) is 5.02 Å². The number of rotatable bonds is 8. The number of methoxy groups -OCH3 is 3. The summed E-state index contributed by atoms with van der Waals surface area (Å²) in [7, 11) is 4.60. The van der Waals surface area contributed by atoms with E-state index >= 15 is 0 Å². The van der Waals surface area contributed by atoms with Crippen LogP contribution in [0.1, 0.15) is 47.6 Å². The molecule has 0 spiro atoms. The summed E-state index contributed by atoms with van der Waals surface area (Å²) in [6, 6.07) is 11.2. The lowest BCUT2D eigenvalue weighted by Gasteiger charge is -2.32. The Hall–Kier alpha value is -2.15. The van der Waals surface area contributed by atoms with Gasteiger partial charge in [0, 0.05) is 17.1 Å². The second-order valence-corrected chi connectivity index (χ2v) is 8.02. The molecule has 1 amide bonds. The number of nitrogens with zero attached hydrogens (tertiary/aromatic N) is 1. The molecule has 2 aromatic rings. The van der Waals surface area contributed by atoms with E-state index in [0.717, 1.165) is 36.5 Å². The van der Waals surface area contributed by atoms with E-state index in [1.165, 1.54) is 34.2 Å². The Kier molecular flexibility index (Phi) is 10.4. The van der Waals surface area contributed by atoms with Gasteiger partial charge in [-0.2, -0.15) is 0 Å². The maximum absolute atomic E-state index is 13.0. The van der Waals surface area contributed by atoms with Crippen molar-refractivity contribution in [2.75, 3.05) is 41.0 Å². The van der Waals surface area contributed by atoms with Crippen molar-refractivity contribution in [2.45, 2.75) is 31.7 Å². The minimum atomic E-state index is -0.203. The predicted molar refractivity (Wildman–Crippen MR) is 130 cm³/mol. The van der Waals surface area contributed by atoms with Gasteiger partial charge in [-0.05, 0) is 49.7 Å². The second-order valence-electron chi connectivity index (χ2n) is 7.61. The van der Waals surface area contributed by atoms with Crippen LogP contribution in [0.25, 0.3) is 0 Å². The number of amides is 1. The molecule has 1 unspecified atom stereocenters. The third kappa shape index (κ3) is 6.21. The maximum Gasteiger partial charge on any atom is 0.251 e. The topological polar surface area (TPSA) is 60.0 Å². The summed E-state index contributed by atoms with van der Waals surface area (Å²) in [5.74, 6) is 1.15. The smallest absolute Gasteiger partial charge is 0.251 e. The Morgan fingerprint density at radius 3 is 2.12 bits per heavy atom. The van der Waals surface area contributed by atoms with E-state index in [9.17, 15) is 4.79 Å². The van der Waals surface area contributed by atoms with Crippen molar-refractivity contribution in [1.29, 1.82) is 0 Å². The minimum absolute atomic E-state index is 0. The zero-order chi connectivity index (χ0) is 22.2. The molecular formula is C24H32Cl2N2O4. The van der Waals surface area contributed by atoms with Gasteiger partial charge in [-0.15, -0.1) is 12.4 Å². The van der Waals surface area contributed by atoms with Gasteiger partial charge in [0.15, 0.2) is 11.5 Å². The van der Waals surface area contributed by atoms with Gasteiger partial charge < -0.3 is 19.5 Å². The van der Waals surface area contributed by atoms with Crippen LogP contribution in [-0.2, 0) is 0 Å². The van der Waals surface area contributed by atoms with Gasteiger partial charge in [0.05, 0.1) is 27.4 Å². The highest BCUT2D eigenvalue weighted by Crippen LogP contribution is 2.38. The number of hydrogen-bond acceptors (Lipinski definition) is 5. The normalized spacial score (nSPS) is 15.1. The highest BCUT2D eigenvalue weighted by atomic mass is 35.5. The van der Waals surface area contributed by atoms with Gasteiger partial charge in [-0.1, -0.05) is 42.6 Å². The third-order valence-corrected chi connectivity index (χ3v) is 6.07. The van der Waals surface area contributed by atoms with E-state index in [4.69, 9.17) is 25.8 Å². The Labute approximate surface area is 201 Å². The Morgan fingerprint density at radius 1 is 1.00 bits per heavy atom. The Bertz CT molecular complexity index is 861. The first-order valence-corrected chi connectivity index (χ1v) is 11.0. The van der Waals surface area contributed by atoms with Gasteiger partial charge in [0.25, 0.3) is 5.91 Å². The van der Waals surface area contributed by atoms with E-state index in [1.807, 2.05) is 24.3 Å². The molecular weight excluding hydrogens is 451 g/mol. The largest absolute Gasteiger partial charge is 0.493 e. The summed E-state index contributed by atoms with van der Waals surface area (Å²) >= 11 is 6.54. The first-order chi connectivity index (χ1) is 15.1. The van der Waals surface area contributed by atoms with Gasteiger partial charge in [0.1, 0.15) is 0 Å². The summed E-state index contributed by atoms with van der Waals surface area (Å²) in [4.78, 5) is 15.5. The van der Waals surface area contributed by atoms with Gasteiger partial charge in [0.2, 0.25) is 5.75 Å². The predicted octanol–water partition coefficient (Wildman–Crippen LogP) is 5.13. The molecule has 8 heteroatoms. The van der Waals surface area contributed by atoms with E-state index in [2.05, 4.69) is 10.2 Å². The molecule has 32 heavy (non-hydrogen) atoms. The van der Waals surface area contributed by atoms with Gasteiger partial charge in [-0.3, -0.25) is 9.69 Å². The third-order valence-electron chi connectivity index (χ3n) is 5.73. The van der Waals surface area contributed by atoms with Crippen molar-refractivity contribution in [3.63, 3.8) is 0 Å². The van der Waals surface area contributed by atoms with Crippen molar-refractivity contribution >= 4 is 29.9 Å². The van der Waals surface area contributed by atoms with Crippen LogP contribution in [0.4, 0.5) is 0 Å². The average molecular weight is 483 g/mol. The van der Waals surface area contributed by atoms with Crippen LogP contribution in [0.5, 0.6) is 17.2 Å². The summed E-state index contributed by atoms with van der Waals surface area (Å²) in [6.45, 7) is 2.45. The molecule has 0 radical (unpaired) electrons. The SMILES string of the molecule is COc1cc(C(=O)NCC(c2ccccc2Cl)N2CCCCCC2)cc(OC)c1OC.Cl. The number of halogens is 2. The van der Waals surface area contributed by atoms with Gasteiger partial charge in [-0.25, -0.2) is 0 Å². The highest BCUT2D eigenvalue weighted by Gasteiger charge is 2.25. The van der Waals surface area contributed by atoms with Crippen molar-refractivity contribution in [3.05, 3.63) is 52.5 Å². The zero-order valence-corrected chi connectivity index (χ0v) is 20.4. The second kappa shape index (κ2) is 12.8. The first kappa shape index (κ1) is 26.1. The molecule has 1 N–H and O–H groups in total. The average Bonchev–Trinajstić information content (AvgIpc) is 3.08. The molecule has 3 rings (SSSR count). The number of likely N-dealkylation sites (tertiary alicyclic amines) is 1. The molecule has 1 atom stereocenters. The van der Waals surface area contributed by atoms with E-state index in [1.54, 1.807) is 12.1 Å². The molecule has 0 aromatic heterocycles. The number of nitrogens with one attached hydrogen (secondary N) is 1. The highest BCUT2D eigenvalue weighted by molar-refractivity contribution is 6.31. The molecule has 0 aliphatic carbocycles. The van der Waals surface area contributed by atoms with E-state index in [0.29, 0.717) is 29.4 Å². The fourth-order valence-electron chi connectivity index (χ4n) is 4.09. The summed E-state index contributed by atoms with van der Waals surface area (Å²) in [6.07, 6.45) is 4.79. The van der Waals surface area contributed by atoms with Crippen molar-refractivity contribution in [1.82, 2.24) is 10.2 Å². The van der Waals surface area contributed by atoms with Crippen LogP contribution in [0.3, 0.4) is 0 Å². The first-order valence-electron chi connectivity index (χ1n) is 10.7. The molecule has 1 aliphatic heterocycles. The number of carbonyl (C=O) groups excluding carboxylic acids is 1. The fourth-order valence-corrected chi connectivity index (χ4v) is 4.35. The molecule has 0 saturated carbocycles. The molecule has 1 fully saturated rings. The van der Waals surface area contributed by atoms with Crippen LogP contribution >= 0.6 is 24.0 Å². The lowest BCUT2D eigenvalue weighted by Crippen LogP contribution is -2.38. The van der Waals surface area contributed by atoms with Crippen molar-refractivity contribution < 1.29 is 19.0 Å². The number of benzene rings is 2. The van der Waals surface area contributed by atoms with Crippen molar-refractivity contribution in [3.8, 4) is 17.2 Å². The number of hydrogen-bond donors (Lipinski definition) is 1. The Morgan fingerprint density at radius 2 is 1.59 bits per heavy atom. The monoisotopic (exact) mass is 482 g/mol. The number of carbonyl (C=O) groups is 1. The summed E-state index contributed by atoms with van der Waals surface area (Å²) in [5, 5.41) is 3.81. The van der Waals surface area contributed by atoms with E-state index in [-0.39, 0.29) is 24.4 Å². The molecule has 0 bridgehead atoms. The van der Waals surface area contributed by atoms with Crippen LogP contribution < -0.4 is 19.5 Å². The molecule has 1 saturated heterocycles. The lowest BCUT2D eigenvalue weighted by atomic mass is 10.0. The van der Waals surface area contributed by atoms with Gasteiger partial charge >= 0.3 is 0 Å². The quantitative estimate of drug-likeness (QED) is 0.564. The number of ether oxygens (including phenoxy) is 3. The van der Waals surface area contributed by atoms with Crippen LogP contribution in [0.15, 0.2) is 36.4 Å². The minimum Gasteiger partial charge on any atom is -0.493 e. The standard InChI is InChI=1S/C24H31ClN2O4.ClH/c1-29-21-14-17(15-22(30-2)23(21)31-3)24(28)26-16-20(18-10-6-7-11-19(18)25)27-12-8-4-5-9-13-27;/h6-7,10-11,14-15,20H,4-5,8-9,12-13,16H2,1-3H3,(H,26,28);1H. The summed E-state index contributed by atoms with van der Waals surface area (Å²) in [5.41, 5.74) is 1.49. The molecule has 1 heterocycles. The van der Waals surface area contributed by atoms with E-state index < -0.39 is 0 Å². The zero-order valence-electron chi connectivity index (χ0n) is 18.9. The summed E-state index contributed by atoms with van der Waals surface area (Å²) < 4.78 is 16.1.